The molecule has 0 atom stereocenters. The summed E-state index contributed by atoms with van der Waals surface area (Å²) in [7, 11) is 0. The first kappa shape index (κ1) is 18.0. The van der Waals surface area contributed by atoms with Crippen LogP contribution in [-0.2, 0) is 0 Å². The van der Waals surface area contributed by atoms with Gasteiger partial charge in [0.05, 0.1) is 16.7 Å². The van der Waals surface area contributed by atoms with Crippen molar-refractivity contribution in [3.05, 3.63) is 80.5 Å². The molecule has 0 aliphatic heterocycles. The van der Waals surface area contributed by atoms with Gasteiger partial charge in [0.25, 0.3) is 0 Å². The zero-order chi connectivity index (χ0) is 17.8. The highest BCUT2D eigenvalue weighted by Crippen LogP contribution is 2.23. The lowest BCUT2D eigenvalue weighted by molar-refractivity contribution is 1.35. The van der Waals surface area contributed by atoms with Gasteiger partial charge in [-0.15, -0.1) is 0 Å². The van der Waals surface area contributed by atoms with Gasteiger partial charge in [-0.3, -0.25) is 4.98 Å². The smallest absolute Gasteiger partial charge is 0.0972 e. The van der Waals surface area contributed by atoms with Crippen molar-refractivity contribution in [2.24, 2.45) is 0 Å². The lowest BCUT2D eigenvalue weighted by Gasteiger charge is -2.02. The summed E-state index contributed by atoms with van der Waals surface area (Å²) in [4.78, 5) is 8.76. The Bertz CT molecular complexity index is 1020. The van der Waals surface area contributed by atoms with Gasteiger partial charge in [0.1, 0.15) is 0 Å². The molecule has 0 unspecified atom stereocenters. The van der Waals surface area contributed by atoms with Crippen LogP contribution in [0.1, 0.15) is 5.69 Å². The van der Waals surface area contributed by atoms with Crippen LogP contribution < -0.4 is 0 Å². The van der Waals surface area contributed by atoms with Crippen molar-refractivity contribution in [3.8, 4) is 0 Å². The Morgan fingerprint density at radius 3 is 2.16 bits per heavy atom. The summed E-state index contributed by atoms with van der Waals surface area (Å²) < 4.78 is 1.98. The molecule has 0 bridgehead atoms. The van der Waals surface area contributed by atoms with Gasteiger partial charge in [-0.05, 0) is 30.3 Å². The van der Waals surface area contributed by atoms with E-state index in [1.165, 1.54) is 6.21 Å². The van der Waals surface area contributed by atoms with E-state index in [0.29, 0.717) is 5.69 Å². The molecule has 2 heterocycles. The highest BCUT2D eigenvalue weighted by atomic mass is 79.9. The zero-order valence-corrected chi connectivity index (χ0v) is 16.8. The number of fused-ring (bicyclic) bond motifs is 3. The van der Waals surface area contributed by atoms with Crippen molar-refractivity contribution < 1.29 is 0 Å². The van der Waals surface area contributed by atoms with Crippen molar-refractivity contribution in [1.29, 1.82) is 5.41 Å². The van der Waals surface area contributed by atoms with E-state index in [2.05, 4.69) is 41.8 Å². The number of aromatic nitrogens is 2. The van der Waals surface area contributed by atoms with Gasteiger partial charge in [0.2, 0.25) is 0 Å². The number of nitrogens with one attached hydrogen (secondary N) is 1. The van der Waals surface area contributed by atoms with Gasteiger partial charge in [-0.1, -0.05) is 67.7 Å². The first-order valence-electron chi connectivity index (χ1n) is 7.33. The second-order valence-corrected chi connectivity index (χ2v) is 7.45. The van der Waals surface area contributed by atoms with Crippen LogP contribution in [0.2, 0.25) is 5.02 Å². The largest absolute Gasteiger partial charge is 0.307 e. The fourth-order valence-electron chi connectivity index (χ4n) is 2.34. The molecular weight excluding hydrogens is 465 g/mol. The average molecular weight is 478 g/mol. The quantitative estimate of drug-likeness (QED) is 0.247. The molecule has 0 saturated heterocycles. The summed E-state index contributed by atoms with van der Waals surface area (Å²) in [6, 6.07) is 17.4. The van der Waals surface area contributed by atoms with E-state index >= 15 is 0 Å². The molecule has 0 radical (unpaired) electrons. The topological polar surface area (TPSA) is 49.6 Å². The highest BCUT2D eigenvalue weighted by molar-refractivity contribution is 9.11. The molecule has 124 valence electrons. The molecule has 0 saturated carbocycles. The van der Waals surface area contributed by atoms with Crippen LogP contribution in [0.4, 0.5) is 0 Å². The Morgan fingerprint density at radius 1 is 0.880 bits per heavy atom. The summed E-state index contributed by atoms with van der Waals surface area (Å²) in [5.41, 5.74) is 2.41. The molecule has 2 aromatic heterocycles. The molecule has 25 heavy (non-hydrogen) atoms. The van der Waals surface area contributed by atoms with Crippen LogP contribution in [0.5, 0.6) is 0 Å². The number of nitrogens with zero attached hydrogens (tertiary/aromatic N) is 2. The average Bonchev–Trinajstić information content (AvgIpc) is 2.60. The molecule has 3 nitrogen and oxygen atoms in total. The number of pyridine rings is 2. The Labute approximate surface area is 166 Å². The number of rotatable bonds is 1. The Balaban J connectivity index is 0.000000173. The number of benzene rings is 2. The molecule has 0 fully saturated rings. The third kappa shape index (κ3) is 4.42. The Kier molecular flexibility index (Phi) is 5.78. The van der Waals surface area contributed by atoms with E-state index in [1.807, 2.05) is 54.6 Å². The fourth-order valence-corrected chi connectivity index (χ4v) is 4.13. The summed E-state index contributed by atoms with van der Waals surface area (Å²) in [5.74, 6) is 0. The highest BCUT2D eigenvalue weighted by Gasteiger charge is 2.02. The van der Waals surface area contributed by atoms with Crippen LogP contribution in [0, 0.1) is 5.41 Å². The van der Waals surface area contributed by atoms with Crippen molar-refractivity contribution in [2.75, 3.05) is 0 Å². The van der Waals surface area contributed by atoms with Crippen LogP contribution in [-0.4, -0.2) is 16.2 Å². The van der Waals surface area contributed by atoms with E-state index < -0.39 is 0 Å². The maximum Gasteiger partial charge on any atom is 0.0972 e. The molecular formula is C19H12Br2ClN3. The standard InChI is InChI=1S/C13H9N3.C6H3Br2Cl/c14-8-11-6-5-10-4-3-9-2-1-7-15-12(9)13(10)16-11;7-4-1-5(8)3-6(9)2-4/h1-8,14H;1-3H. The molecule has 1 N–H and O–H groups in total. The van der Waals surface area contributed by atoms with Gasteiger partial charge in [-0.25, -0.2) is 4.98 Å². The second-order valence-electron chi connectivity index (χ2n) is 5.18. The second kappa shape index (κ2) is 8.04. The molecule has 0 aliphatic rings. The molecule has 4 rings (SSSR count). The molecule has 0 amide bonds. The first-order chi connectivity index (χ1) is 12.1. The zero-order valence-electron chi connectivity index (χ0n) is 12.9. The number of hydrogen-bond donors (Lipinski definition) is 1. The third-order valence-corrected chi connectivity index (χ3v) is 4.56. The van der Waals surface area contributed by atoms with E-state index in [0.717, 1.165) is 35.8 Å². The van der Waals surface area contributed by atoms with Gasteiger partial charge >= 0.3 is 0 Å². The summed E-state index contributed by atoms with van der Waals surface area (Å²) in [5, 5.41) is 10.1. The Morgan fingerprint density at radius 2 is 1.52 bits per heavy atom. The van der Waals surface area contributed by atoms with Gasteiger partial charge in [-0.2, -0.15) is 0 Å². The van der Waals surface area contributed by atoms with E-state index in [4.69, 9.17) is 17.0 Å². The predicted octanol–water partition coefficient (Wildman–Crippen LogP) is 6.65. The lowest BCUT2D eigenvalue weighted by Crippen LogP contribution is -1.89. The maximum absolute atomic E-state index is 7.22. The molecule has 0 spiro atoms. The van der Waals surface area contributed by atoms with Crippen molar-refractivity contribution in [2.45, 2.75) is 0 Å². The van der Waals surface area contributed by atoms with Crippen LogP contribution >= 0.6 is 43.5 Å². The third-order valence-electron chi connectivity index (χ3n) is 3.43. The number of halogens is 3. The molecule has 0 aliphatic carbocycles. The van der Waals surface area contributed by atoms with Crippen molar-refractivity contribution in [1.82, 2.24) is 9.97 Å². The van der Waals surface area contributed by atoms with E-state index in [1.54, 1.807) is 6.20 Å². The fraction of sp³-hybridized carbons (Fsp3) is 0. The lowest BCUT2D eigenvalue weighted by atomic mass is 10.1. The van der Waals surface area contributed by atoms with Gasteiger partial charge in [0, 0.05) is 37.2 Å². The number of hydrogen-bond acceptors (Lipinski definition) is 3. The SMILES string of the molecule is Clc1cc(Br)cc(Br)c1.N=Cc1ccc2ccc3cccnc3c2n1. The van der Waals surface area contributed by atoms with Gasteiger partial charge in [0.15, 0.2) is 0 Å². The van der Waals surface area contributed by atoms with E-state index in [9.17, 15) is 0 Å². The van der Waals surface area contributed by atoms with Crippen molar-refractivity contribution in [3.63, 3.8) is 0 Å². The van der Waals surface area contributed by atoms with E-state index in [-0.39, 0.29) is 0 Å². The van der Waals surface area contributed by atoms with Crippen molar-refractivity contribution >= 4 is 71.5 Å². The summed E-state index contributed by atoms with van der Waals surface area (Å²) in [6.45, 7) is 0. The molecule has 6 heteroatoms. The first-order valence-corrected chi connectivity index (χ1v) is 9.30. The van der Waals surface area contributed by atoms with Gasteiger partial charge < -0.3 is 5.41 Å². The predicted molar refractivity (Wildman–Crippen MR) is 112 cm³/mol. The van der Waals surface area contributed by atoms with Crippen LogP contribution in [0.15, 0.2) is 69.7 Å². The minimum absolute atomic E-state index is 0.658. The minimum atomic E-state index is 0.658. The summed E-state index contributed by atoms with van der Waals surface area (Å²) in [6.07, 6.45) is 3.02. The maximum atomic E-state index is 7.22. The summed E-state index contributed by atoms with van der Waals surface area (Å²) >= 11 is 12.3. The Hall–Kier alpha value is -1.82. The van der Waals surface area contributed by atoms with Crippen LogP contribution in [0.3, 0.4) is 0 Å². The normalized spacial score (nSPS) is 10.4. The van der Waals surface area contributed by atoms with Crippen LogP contribution in [0.25, 0.3) is 21.8 Å². The minimum Gasteiger partial charge on any atom is -0.307 e. The molecule has 4 aromatic rings. The monoisotopic (exact) mass is 475 g/mol. The molecule has 2 aromatic carbocycles.